The molecule has 21 heavy (non-hydrogen) atoms. The zero-order valence-corrected chi connectivity index (χ0v) is 12.5. The summed E-state index contributed by atoms with van der Waals surface area (Å²) in [4.78, 5) is 14.3. The largest absolute Gasteiger partial charge is 0.497 e. The molecule has 116 valence electrons. The second kappa shape index (κ2) is 7.85. The maximum absolute atomic E-state index is 12.0. The smallest absolute Gasteiger partial charge is 0.338 e. The third-order valence-electron chi connectivity index (χ3n) is 3.33. The van der Waals surface area contributed by atoms with Gasteiger partial charge in [0.25, 0.3) is 0 Å². The second-order valence-electron chi connectivity index (χ2n) is 4.69. The van der Waals surface area contributed by atoms with Crippen LogP contribution in [-0.2, 0) is 9.47 Å². The van der Waals surface area contributed by atoms with Gasteiger partial charge in [0.15, 0.2) is 0 Å². The number of benzene rings is 1. The number of esters is 1. The van der Waals surface area contributed by atoms with Crippen molar-refractivity contribution in [2.45, 2.75) is 0 Å². The molecule has 0 spiro atoms. The van der Waals surface area contributed by atoms with Gasteiger partial charge >= 0.3 is 5.97 Å². The Bertz CT molecular complexity index is 449. The van der Waals surface area contributed by atoms with Gasteiger partial charge in [0.2, 0.25) is 0 Å². The summed E-state index contributed by atoms with van der Waals surface area (Å²) >= 11 is 0. The van der Waals surface area contributed by atoms with E-state index in [-0.39, 0.29) is 5.97 Å². The Morgan fingerprint density at radius 2 is 1.76 bits per heavy atom. The van der Waals surface area contributed by atoms with Gasteiger partial charge in [-0.15, -0.1) is 0 Å². The zero-order valence-electron chi connectivity index (χ0n) is 12.5. The SMILES string of the molecule is COc1cc(OC)cc(C(=O)OCCN2CCOCC2)c1. The average molecular weight is 295 g/mol. The molecule has 0 bridgehead atoms. The number of rotatable bonds is 6. The molecule has 0 atom stereocenters. The molecule has 1 saturated heterocycles. The lowest BCUT2D eigenvalue weighted by Crippen LogP contribution is -2.38. The van der Waals surface area contributed by atoms with Crippen molar-refractivity contribution < 1.29 is 23.7 Å². The van der Waals surface area contributed by atoms with Crippen LogP contribution in [0.3, 0.4) is 0 Å². The second-order valence-corrected chi connectivity index (χ2v) is 4.69. The van der Waals surface area contributed by atoms with E-state index in [1.165, 1.54) is 0 Å². The maximum Gasteiger partial charge on any atom is 0.338 e. The average Bonchev–Trinajstić information content (AvgIpc) is 2.55. The van der Waals surface area contributed by atoms with Crippen molar-refractivity contribution in [3.8, 4) is 11.5 Å². The van der Waals surface area contributed by atoms with E-state index in [0.29, 0.717) is 23.7 Å². The molecule has 0 radical (unpaired) electrons. The van der Waals surface area contributed by atoms with Crippen LogP contribution in [0.5, 0.6) is 11.5 Å². The van der Waals surface area contributed by atoms with Gasteiger partial charge in [-0.05, 0) is 12.1 Å². The fourth-order valence-electron chi connectivity index (χ4n) is 2.10. The summed E-state index contributed by atoms with van der Waals surface area (Å²) in [5, 5.41) is 0. The van der Waals surface area contributed by atoms with Gasteiger partial charge in [-0.2, -0.15) is 0 Å². The Hall–Kier alpha value is -1.79. The molecule has 2 rings (SSSR count). The van der Waals surface area contributed by atoms with E-state index >= 15 is 0 Å². The molecule has 0 N–H and O–H groups in total. The molecule has 1 fully saturated rings. The van der Waals surface area contributed by atoms with E-state index in [2.05, 4.69) is 4.90 Å². The van der Waals surface area contributed by atoms with Crippen LogP contribution in [0.4, 0.5) is 0 Å². The highest BCUT2D eigenvalue weighted by molar-refractivity contribution is 5.90. The van der Waals surface area contributed by atoms with Gasteiger partial charge in [-0.3, -0.25) is 4.90 Å². The summed E-state index contributed by atoms with van der Waals surface area (Å²) in [6.45, 7) is 4.31. The number of ether oxygens (including phenoxy) is 4. The van der Waals surface area contributed by atoms with E-state index in [1.807, 2.05) is 0 Å². The summed E-state index contributed by atoms with van der Waals surface area (Å²) in [7, 11) is 3.09. The molecule has 0 aromatic heterocycles. The molecule has 0 aliphatic carbocycles. The van der Waals surface area contributed by atoms with Crippen molar-refractivity contribution in [1.82, 2.24) is 4.90 Å². The first-order valence-electron chi connectivity index (χ1n) is 6.93. The van der Waals surface area contributed by atoms with Crippen molar-refractivity contribution in [1.29, 1.82) is 0 Å². The van der Waals surface area contributed by atoms with Gasteiger partial charge < -0.3 is 18.9 Å². The van der Waals surface area contributed by atoms with Crippen molar-refractivity contribution in [3.63, 3.8) is 0 Å². The predicted octanol–water partition coefficient (Wildman–Crippen LogP) is 1.19. The molecule has 6 heteroatoms. The number of hydrogen-bond donors (Lipinski definition) is 0. The normalized spacial score (nSPS) is 15.5. The quantitative estimate of drug-likeness (QED) is 0.735. The van der Waals surface area contributed by atoms with Crippen LogP contribution in [0, 0.1) is 0 Å². The van der Waals surface area contributed by atoms with Crippen LogP contribution >= 0.6 is 0 Å². The monoisotopic (exact) mass is 295 g/mol. The lowest BCUT2D eigenvalue weighted by molar-refractivity contribution is 0.0195. The van der Waals surface area contributed by atoms with Gasteiger partial charge in [-0.1, -0.05) is 0 Å². The van der Waals surface area contributed by atoms with Crippen molar-refractivity contribution in [2.75, 3.05) is 53.7 Å². The van der Waals surface area contributed by atoms with Gasteiger partial charge in [0.05, 0.1) is 33.0 Å². The summed E-state index contributed by atoms with van der Waals surface area (Å²) in [5.74, 6) is 0.754. The standard InChI is InChI=1S/C15H21NO5/c1-18-13-9-12(10-14(11-13)19-2)15(17)21-8-5-16-3-6-20-7-4-16/h9-11H,3-8H2,1-2H3. The van der Waals surface area contributed by atoms with Crippen LogP contribution in [0.25, 0.3) is 0 Å². The van der Waals surface area contributed by atoms with E-state index in [9.17, 15) is 4.79 Å². The highest BCUT2D eigenvalue weighted by Crippen LogP contribution is 2.22. The first-order chi connectivity index (χ1) is 10.2. The minimum atomic E-state index is -0.375. The Labute approximate surface area is 124 Å². The molecular weight excluding hydrogens is 274 g/mol. The van der Waals surface area contributed by atoms with Crippen molar-refractivity contribution in [2.24, 2.45) is 0 Å². The van der Waals surface area contributed by atoms with Gasteiger partial charge in [0, 0.05) is 25.7 Å². The summed E-state index contributed by atoms with van der Waals surface area (Å²) in [5.41, 5.74) is 0.424. The van der Waals surface area contributed by atoms with Crippen LogP contribution in [-0.4, -0.2) is 64.5 Å². The number of hydrogen-bond acceptors (Lipinski definition) is 6. The maximum atomic E-state index is 12.0. The molecule has 1 aromatic carbocycles. The van der Waals surface area contributed by atoms with Crippen molar-refractivity contribution >= 4 is 5.97 Å². The van der Waals surface area contributed by atoms with Crippen LogP contribution in [0.2, 0.25) is 0 Å². The molecule has 1 aromatic rings. The van der Waals surface area contributed by atoms with E-state index in [1.54, 1.807) is 32.4 Å². The summed E-state index contributed by atoms with van der Waals surface area (Å²) in [6.07, 6.45) is 0. The van der Waals surface area contributed by atoms with Crippen LogP contribution in [0.1, 0.15) is 10.4 Å². The molecular formula is C15H21NO5. The van der Waals surface area contributed by atoms with Gasteiger partial charge in [-0.25, -0.2) is 4.79 Å². The van der Waals surface area contributed by atoms with E-state index < -0.39 is 0 Å². The number of methoxy groups -OCH3 is 2. The number of carbonyl (C=O) groups excluding carboxylic acids is 1. The molecule has 6 nitrogen and oxygen atoms in total. The first-order valence-corrected chi connectivity index (χ1v) is 6.93. The minimum absolute atomic E-state index is 0.359. The number of nitrogens with zero attached hydrogens (tertiary/aromatic N) is 1. The lowest BCUT2D eigenvalue weighted by atomic mass is 10.2. The molecule has 0 saturated carbocycles. The molecule has 0 amide bonds. The van der Waals surface area contributed by atoms with Crippen molar-refractivity contribution in [3.05, 3.63) is 23.8 Å². The number of carbonyl (C=O) groups is 1. The molecule has 1 heterocycles. The summed E-state index contributed by atoms with van der Waals surface area (Å²) < 4.78 is 20.8. The Balaban J connectivity index is 1.87. The summed E-state index contributed by atoms with van der Waals surface area (Å²) in [6, 6.07) is 4.99. The van der Waals surface area contributed by atoms with Gasteiger partial charge in [0.1, 0.15) is 18.1 Å². The number of morpholine rings is 1. The zero-order chi connectivity index (χ0) is 15.1. The minimum Gasteiger partial charge on any atom is -0.497 e. The third-order valence-corrected chi connectivity index (χ3v) is 3.33. The fraction of sp³-hybridized carbons (Fsp3) is 0.533. The third kappa shape index (κ3) is 4.61. The Morgan fingerprint density at radius 1 is 1.14 bits per heavy atom. The van der Waals surface area contributed by atoms with E-state index in [4.69, 9.17) is 18.9 Å². The van der Waals surface area contributed by atoms with E-state index in [0.717, 1.165) is 32.8 Å². The molecule has 0 unspecified atom stereocenters. The first kappa shape index (κ1) is 15.6. The topological polar surface area (TPSA) is 57.2 Å². The highest BCUT2D eigenvalue weighted by Gasteiger charge is 2.13. The lowest BCUT2D eigenvalue weighted by Gasteiger charge is -2.26. The Kier molecular flexibility index (Phi) is 5.83. The Morgan fingerprint density at radius 3 is 2.33 bits per heavy atom. The van der Waals surface area contributed by atoms with Crippen LogP contribution < -0.4 is 9.47 Å². The predicted molar refractivity (Wildman–Crippen MR) is 77.1 cm³/mol. The fourth-order valence-corrected chi connectivity index (χ4v) is 2.10. The molecule has 1 aliphatic heterocycles. The highest BCUT2D eigenvalue weighted by atomic mass is 16.5. The molecule has 1 aliphatic rings. The van der Waals surface area contributed by atoms with Crippen LogP contribution in [0.15, 0.2) is 18.2 Å².